The molecule has 0 radical (unpaired) electrons. The Kier molecular flexibility index (Phi) is 6.29. The van der Waals surface area contributed by atoms with Crippen LogP contribution in [0.25, 0.3) is 0 Å². The maximum Gasteiger partial charge on any atom is 0.333 e. The second kappa shape index (κ2) is 6.70. The lowest BCUT2D eigenvalue weighted by Gasteiger charge is -2.10. The Bertz CT molecular complexity index is 173. The lowest BCUT2D eigenvalue weighted by atomic mass is 10.1. The average molecular weight is 184 g/mol. The molecule has 13 heavy (non-hydrogen) atoms. The van der Waals surface area contributed by atoms with Crippen molar-refractivity contribution in [2.75, 3.05) is 6.61 Å². The average Bonchev–Trinajstić information content (AvgIpc) is 2.10. The van der Waals surface area contributed by atoms with Crippen molar-refractivity contribution in [2.24, 2.45) is 5.92 Å². The maximum atomic E-state index is 11.0. The molecule has 76 valence electrons. The molecule has 0 aromatic carbocycles. The zero-order valence-corrected chi connectivity index (χ0v) is 8.93. The smallest absolute Gasteiger partial charge is 0.333 e. The summed E-state index contributed by atoms with van der Waals surface area (Å²) in [7, 11) is 0. The largest absolute Gasteiger partial charge is 0.462 e. The van der Waals surface area contributed by atoms with Gasteiger partial charge in [-0.3, -0.25) is 0 Å². The Hall–Kier alpha value is -0.790. The van der Waals surface area contributed by atoms with Crippen molar-refractivity contribution >= 4 is 5.97 Å². The number of hydrogen-bond acceptors (Lipinski definition) is 2. The molecule has 0 spiro atoms. The molecule has 0 saturated carbocycles. The third-order valence-corrected chi connectivity index (χ3v) is 1.90. The molecule has 2 heteroatoms. The lowest BCUT2D eigenvalue weighted by Crippen LogP contribution is -2.12. The van der Waals surface area contributed by atoms with Gasteiger partial charge in [0.2, 0.25) is 0 Å². The van der Waals surface area contributed by atoms with E-state index in [1.807, 2.05) is 0 Å². The normalized spacial score (nSPS) is 12.2. The second-order valence-electron chi connectivity index (χ2n) is 3.63. The summed E-state index contributed by atoms with van der Waals surface area (Å²) in [5, 5.41) is 0. The molecule has 0 aliphatic rings. The van der Waals surface area contributed by atoms with Crippen molar-refractivity contribution in [3.8, 4) is 0 Å². The van der Waals surface area contributed by atoms with Crippen LogP contribution in [0.1, 0.15) is 40.0 Å². The Labute approximate surface area is 81.0 Å². The minimum atomic E-state index is -0.275. The van der Waals surface area contributed by atoms with E-state index >= 15 is 0 Å². The molecular formula is C11H20O2. The summed E-state index contributed by atoms with van der Waals surface area (Å²) < 4.78 is 5.02. The predicted molar refractivity (Wildman–Crippen MR) is 54.5 cm³/mol. The van der Waals surface area contributed by atoms with Crippen LogP contribution in [0.4, 0.5) is 0 Å². The van der Waals surface area contributed by atoms with Crippen LogP contribution in [0.5, 0.6) is 0 Å². The number of esters is 1. The lowest BCUT2D eigenvalue weighted by molar-refractivity contribution is -0.140. The summed E-state index contributed by atoms with van der Waals surface area (Å²) in [5.74, 6) is 0.187. The molecule has 0 saturated heterocycles. The Balaban J connectivity index is 3.51. The van der Waals surface area contributed by atoms with Gasteiger partial charge in [-0.1, -0.05) is 33.3 Å². The van der Waals surface area contributed by atoms with E-state index in [9.17, 15) is 4.79 Å². The van der Waals surface area contributed by atoms with E-state index in [4.69, 9.17) is 4.74 Å². The fourth-order valence-corrected chi connectivity index (χ4v) is 0.977. The molecule has 0 aromatic heterocycles. The van der Waals surface area contributed by atoms with Gasteiger partial charge in [0.15, 0.2) is 0 Å². The minimum absolute atomic E-state index is 0.275. The van der Waals surface area contributed by atoms with E-state index in [0.29, 0.717) is 18.1 Å². The van der Waals surface area contributed by atoms with E-state index in [1.165, 1.54) is 12.8 Å². The van der Waals surface area contributed by atoms with E-state index in [0.717, 1.165) is 6.42 Å². The molecule has 0 aliphatic carbocycles. The maximum absolute atomic E-state index is 11.0. The highest BCUT2D eigenvalue weighted by molar-refractivity contribution is 5.86. The molecule has 0 heterocycles. The molecule has 0 N–H and O–H groups in total. The Morgan fingerprint density at radius 1 is 1.54 bits per heavy atom. The number of carbonyl (C=O) groups is 1. The van der Waals surface area contributed by atoms with Gasteiger partial charge in [0.05, 0.1) is 6.61 Å². The van der Waals surface area contributed by atoms with Crippen LogP contribution in [0.3, 0.4) is 0 Å². The molecule has 0 aliphatic heterocycles. The molecule has 0 amide bonds. The molecule has 0 bridgehead atoms. The molecule has 2 nitrogen and oxygen atoms in total. The van der Waals surface area contributed by atoms with Gasteiger partial charge in [-0.15, -0.1) is 0 Å². The first-order chi connectivity index (χ1) is 6.07. The fourth-order valence-electron chi connectivity index (χ4n) is 0.977. The highest BCUT2D eigenvalue weighted by Gasteiger charge is 2.06. The number of rotatable bonds is 6. The first kappa shape index (κ1) is 12.2. The highest BCUT2D eigenvalue weighted by Crippen LogP contribution is 2.08. The van der Waals surface area contributed by atoms with Crippen molar-refractivity contribution in [3.05, 3.63) is 12.2 Å². The minimum Gasteiger partial charge on any atom is -0.462 e. The summed E-state index contributed by atoms with van der Waals surface area (Å²) in [4.78, 5) is 11.0. The molecule has 0 aromatic rings. The van der Waals surface area contributed by atoms with E-state index in [1.54, 1.807) is 6.92 Å². The molecule has 1 atom stereocenters. The molecule has 1 unspecified atom stereocenters. The summed E-state index contributed by atoms with van der Waals surface area (Å²) in [6.45, 7) is 9.96. The quantitative estimate of drug-likeness (QED) is 0.468. The topological polar surface area (TPSA) is 26.3 Å². The number of carbonyl (C=O) groups excluding carboxylic acids is 1. The summed E-state index contributed by atoms with van der Waals surface area (Å²) in [6.07, 6.45) is 3.52. The first-order valence-electron chi connectivity index (χ1n) is 4.90. The van der Waals surface area contributed by atoms with Crippen LogP contribution in [-0.2, 0) is 9.53 Å². The van der Waals surface area contributed by atoms with E-state index in [2.05, 4.69) is 20.4 Å². The van der Waals surface area contributed by atoms with E-state index in [-0.39, 0.29) is 5.97 Å². The van der Waals surface area contributed by atoms with Gasteiger partial charge in [-0.2, -0.15) is 0 Å². The molecule has 0 fully saturated rings. The van der Waals surface area contributed by atoms with Gasteiger partial charge in [0, 0.05) is 5.57 Å². The van der Waals surface area contributed by atoms with Crippen LogP contribution in [0.2, 0.25) is 0 Å². The zero-order chi connectivity index (χ0) is 10.3. The van der Waals surface area contributed by atoms with Gasteiger partial charge in [0.25, 0.3) is 0 Å². The van der Waals surface area contributed by atoms with Crippen molar-refractivity contribution in [1.82, 2.24) is 0 Å². The number of ether oxygens (including phenoxy) is 1. The van der Waals surface area contributed by atoms with Crippen LogP contribution >= 0.6 is 0 Å². The van der Waals surface area contributed by atoms with Crippen molar-refractivity contribution < 1.29 is 9.53 Å². The SMILES string of the molecule is C=C(C)C(=O)OCC(C)CCCC. The fraction of sp³-hybridized carbons (Fsp3) is 0.727. The first-order valence-corrected chi connectivity index (χ1v) is 4.90. The van der Waals surface area contributed by atoms with Crippen molar-refractivity contribution in [1.29, 1.82) is 0 Å². The predicted octanol–water partition coefficient (Wildman–Crippen LogP) is 2.93. The van der Waals surface area contributed by atoms with Crippen LogP contribution < -0.4 is 0 Å². The standard InChI is InChI=1S/C11H20O2/c1-5-6-7-10(4)8-13-11(12)9(2)3/h10H,2,5-8H2,1,3-4H3. The number of unbranched alkanes of at least 4 members (excludes halogenated alkanes) is 1. The Morgan fingerprint density at radius 2 is 2.15 bits per heavy atom. The van der Waals surface area contributed by atoms with Gasteiger partial charge < -0.3 is 4.74 Å². The second-order valence-corrected chi connectivity index (χ2v) is 3.63. The summed E-state index contributed by atoms with van der Waals surface area (Å²) in [6, 6.07) is 0. The van der Waals surface area contributed by atoms with Crippen LogP contribution in [0.15, 0.2) is 12.2 Å². The highest BCUT2D eigenvalue weighted by atomic mass is 16.5. The van der Waals surface area contributed by atoms with Gasteiger partial charge in [-0.05, 0) is 19.3 Å². The zero-order valence-electron chi connectivity index (χ0n) is 8.93. The van der Waals surface area contributed by atoms with Gasteiger partial charge >= 0.3 is 5.97 Å². The molecule has 0 rings (SSSR count). The van der Waals surface area contributed by atoms with Crippen molar-refractivity contribution in [2.45, 2.75) is 40.0 Å². The number of hydrogen-bond donors (Lipinski definition) is 0. The van der Waals surface area contributed by atoms with E-state index < -0.39 is 0 Å². The van der Waals surface area contributed by atoms with Crippen LogP contribution in [-0.4, -0.2) is 12.6 Å². The summed E-state index contributed by atoms with van der Waals surface area (Å²) >= 11 is 0. The third-order valence-electron chi connectivity index (χ3n) is 1.90. The van der Waals surface area contributed by atoms with Gasteiger partial charge in [-0.25, -0.2) is 4.79 Å². The monoisotopic (exact) mass is 184 g/mol. The van der Waals surface area contributed by atoms with Crippen LogP contribution in [0, 0.1) is 5.92 Å². The van der Waals surface area contributed by atoms with Crippen molar-refractivity contribution in [3.63, 3.8) is 0 Å². The molecular weight excluding hydrogens is 164 g/mol. The van der Waals surface area contributed by atoms with Gasteiger partial charge in [0.1, 0.15) is 0 Å². The Morgan fingerprint density at radius 3 is 2.62 bits per heavy atom. The summed E-state index contributed by atoms with van der Waals surface area (Å²) in [5.41, 5.74) is 0.475. The third kappa shape index (κ3) is 6.38.